The van der Waals surface area contributed by atoms with E-state index in [2.05, 4.69) is 9.97 Å². The molecule has 2 nitrogen and oxygen atoms in total. The predicted molar refractivity (Wildman–Crippen MR) is 35.0 cm³/mol. The molecule has 0 atom stereocenters. The van der Waals surface area contributed by atoms with E-state index < -0.39 is 0 Å². The number of aromatic nitrogens is 2. The zero-order chi connectivity index (χ0) is 6.10. The normalized spacial score (nSPS) is 18.2. The molecule has 0 amide bonds. The lowest BCUT2D eigenvalue weighted by molar-refractivity contribution is 0.784. The second-order valence-corrected chi connectivity index (χ2v) is 2.68. The van der Waals surface area contributed by atoms with Crippen molar-refractivity contribution < 1.29 is 0 Å². The molecule has 0 saturated heterocycles. The SMILES string of the molecule is c1c[nH]c(CC2CC2)n1. The first kappa shape index (κ1) is 5.03. The highest BCUT2D eigenvalue weighted by Crippen LogP contribution is 2.31. The molecule has 0 bridgehead atoms. The molecule has 9 heavy (non-hydrogen) atoms. The third kappa shape index (κ3) is 1.12. The number of aromatic amines is 1. The molecule has 2 heteroatoms. The summed E-state index contributed by atoms with van der Waals surface area (Å²) < 4.78 is 0. The van der Waals surface area contributed by atoms with E-state index in [9.17, 15) is 0 Å². The smallest absolute Gasteiger partial charge is 0.106 e. The molecule has 1 aromatic heterocycles. The van der Waals surface area contributed by atoms with E-state index >= 15 is 0 Å². The van der Waals surface area contributed by atoms with Crippen LogP contribution in [0.15, 0.2) is 12.4 Å². The van der Waals surface area contributed by atoms with Crippen LogP contribution in [0.1, 0.15) is 18.7 Å². The Hall–Kier alpha value is -0.790. The van der Waals surface area contributed by atoms with Gasteiger partial charge in [-0.3, -0.25) is 0 Å². The summed E-state index contributed by atoms with van der Waals surface area (Å²) in [5.74, 6) is 2.09. The van der Waals surface area contributed by atoms with Crippen LogP contribution < -0.4 is 0 Å². The van der Waals surface area contributed by atoms with Crippen LogP contribution in [0, 0.1) is 5.92 Å². The van der Waals surface area contributed by atoms with Crippen LogP contribution >= 0.6 is 0 Å². The van der Waals surface area contributed by atoms with Gasteiger partial charge in [0.25, 0.3) is 0 Å². The minimum absolute atomic E-state index is 0.941. The number of H-pyrrole nitrogens is 1. The van der Waals surface area contributed by atoms with Crippen molar-refractivity contribution >= 4 is 0 Å². The molecule has 1 heterocycles. The van der Waals surface area contributed by atoms with Crippen LogP contribution in [0.5, 0.6) is 0 Å². The van der Waals surface area contributed by atoms with Gasteiger partial charge in [-0.25, -0.2) is 4.98 Å². The van der Waals surface area contributed by atoms with Crippen molar-refractivity contribution in [3.05, 3.63) is 18.2 Å². The van der Waals surface area contributed by atoms with Crippen molar-refractivity contribution in [3.63, 3.8) is 0 Å². The van der Waals surface area contributed by atoms with E-state index in [0.29, 0.717) is 0 Å². The van der Waals surface area contributed by atoms with Gasteiger partial charge >= 0.3 is 0 Å². The van der Waals surface area contributed by atoms with Crippen LogP contribution in [0.3, 0.4) is 0 Å². The topological polar surface area (TPSA) is 28.7 Å². The highest BCUT2D eigenvalue weighted by Gasteiger charge is 2.22. The number of rotatable bonds is 2. The molecule has 0 aliphatic heterocycles. The van der Waals surface area contributed by atoms with Crippen molar-refractivity contribution in [1.29, 1.82) is 0 Å². The predicted octanol–water partition coefficient (Wildman–Crippen LogP) is 1.36. The van der Waals surface area contributed by atoms with E-state index in [1.807, 2.05) is 12.4 Å². The molecule has 0 unspecified atom stereocenters. The summed E-state index contributed by atoms with van der Waals surface area (Å²) in [6, 6.07) is 0. The molecule has 1 N–H and O–H groups in total. The standard InChI is InChI=1S/C7H10N2/c1-2-6(1)5-7-8-3-4-9-7/h3-4,6H,1-2,5H2,(H,8,9). The van der Waals surface area contributed by atoms with E-state index in [1.165, 1.54) is 12.8 Å². The molecule has 1 aliphatic rings. The highest BCUT2D eigenvalue weighted by atomic mass is 14.9. The van der Waals surface area contributed by atoms with Gasteiger partial charge in [0.1, 0.15) is 5.82 Å². The van der Waals surface area contributed by atoms with Crippen LogP contribution in [0.2, 0.25) is 0 Å². The maximum atomic E-state index is 4.14. The lowest BCUT2D eigenvalue weighted by atomic mass is 10.3. The molecule has 0 aromatic carbocycles. The van der Waals surface area contributed by atoms with E-state index in [1.54, 1.807) is 0 Å². The Labute approximate surface area is 54.3 Å². The molecule has 0 radical (unpaired) electrons. The lowest BCUT2D eigenvalue weighted by Crippen LogP contribution is -1.87. The average molecular weight is 122 g/mol. The summed E-state index contributed by atoms with van der Waals surface area (Å²) in [5, 5.41) is 0. The first-order chi connectivity index (χ1) is 4.45. The second kappa shape index (κ2) is 1.87. The molecular formula is C7H10N2. The first-order valence-corrected chi connectivity index (χ1v) is 3.43. The molecule has 1 aromatic rings. The lowest BCUT2D eigenvalue weighted by Gasteiger charge is -1.88. The van der Waals surface area contributed by atoms with Crippen molar-refractivity contribution in [2.45, 2.75) is 19.3 Å². The van der Waals surface area contributed by atoms with Gasteiger partial charge in [0.15, 0.2) is 0 Å². The Kier molecular flexibility index (Phi) is 1.04. The third-order valence-corrected chi connectivity index (χ3v) is 1.73. The molecule has 1 saturated carbocycles. The minimum Gasteiger partial charge on any atom is -0.349 e. The Bertz CT molecular complexity index is 175. The zero-order valence-electron chi connectivity index (χ0n) is 5.30. The average Bonchev–Trinajstić information content (AvgIpc) is 2.46. The molecule has 2 rings (SSSR count). The fraction of sp³-hybridized carbons (Fsp3) is 0.571. The third-order valence-electron chi connectivity index (χ3n) is 1.73. The number of nitrogens with zero attached hydrogens (tertiary/aromatic N) is 1. The van der Waals surface area contributed by atoms with Gasteiger partial charge in [-0.15, -0.1) is 0 Å². The monoisotopic (exact) mass is 122 g/mol. The summed E-state index contributed by atoms with van der Waals surface area (Å²) >= 11 is 0. The van der Waals surface area contributed by atoms with Crippen LogP contribution in [0.25, 0.3) is 0 Å². The van der Waals surface area contributed by atoms with E-state index in [-0.39, 0.29) is 0 Å². The van der Waals surface area contributed by atoms with Gasteiger partial charge in [0.05, 0.1) is 0 Å². The van der Waals surface area contributed by atoms with Gasteiger partial charge in [0.2, 0.25) is 0 Å². The second-order valence-electron chi connectivity index (χ2n) is 2.68. The Morgan fingerprint density at radius 2 is 2.56 bits per heavy atom. The maximum Gasteiger partial charge on any atom is 0.106 e. The van der Waals surface area contributed by atoms with Gasteiger partial charge < -0.3 is 4.98 Å². The molecular weight excluding hydrogens is 112 g/mol. The number of imidazole rings is 1. The quantitative estimate of drug-likeness (QED) is 0.630. The Balaban J connectivity index is 1.99. The van der Waals surface area contributed by atoms with E-state index in [0.717, 1.165) is 18.2 Å². The van der Waals surface area contributed by atoms with Gasteiger partial charge in [-0.2, -0.15) is 0 Å². The molecule has 1 fully saturated rings. The Morgan fingerprint density at radius 3 is 3.11 bits per heavy atom. The number of hydrogen-bond donors (Lipinski definition) is 1. The summed E-state index contributed by atoms with van der Waals surface area (Å²) in [6.07, 6.45) is 7.67. The summed E-state index contributed by atoms with van der Waals surface area (Å²) in [6.45, 7) is 0. The van der Waals surface area contributed by atoms with Gasteiger partial charge in [0, 0.05) is 18.8 Å². The fourth-order valence-corrected chi connectivity index (χ4v) is 1.01. The number of nitrogens with one attached hydrogen (secondary N) is 1. The highest BCUT2D eigenvalue weighted by molar-refractivity contribution is 4.92. The maximum absolute atomic E-state index is 4.14. The summed E-state index contributed by atoms with van der Waals surface area (Å²) in [4.78, 5) is 7.24. The molecule has 48 valence electrons. The zero-order valence-corrected chi connectivity index (χ0v) is 5.30. The van der Waals surface area contributed by atoms with Crippen LogP contribution in [0.4, 0.5) is 0 Å². The summed E-state index contributed by atoms with van der Waals surface area (Å²) in [5.41, 5.74) is 0. The first-order valence-electron chi connectivity index (χ1n) is 3.43. The fourth-order valence-electron chi connectivity index (χ4n) is 1.01. The molecule has 0 spiro atoms. The van der Waals surface area contributed by atoms with Gasteiger partial charge in [-0.05, 0) is 18.8 Å². The van der Waals surface area contributed by atoms with Crippen LogP contribution in [-0.2, 0) is 6.42 Å². The summed E-state index contributed by atoms with van der Waals surface area (Å²) in [7, 11) is 0. The van der Waals surface area contributed by atoms with Crippen molar-refractivity contribution in [2.24, 2.45) is 5.92 Å². The van der Waals surface area contributed by atoms with E-state index in [4.69, 9.17) is 0 Å². The Morgan fingerprint density at radius 1 is 1.67 bits per heavy atom. The molecule has 1 aliphatic carbocycles. The van der Waals surface area contributed by atoms with Crippen molar-refractivity contribution in [2.75, 3.05) is 0 Å². The van der Waals surface area contributed by atoms with Crippen LogP contribution in [-0.4, -0.2) is 9.97 Å². The van der Waals surface area contributed by atoms with Crippen molar-refractivity contribution in [3.8, 4) is 0 Å². The number of hydrogen-bond acceptors (Lipinski definition) is 1. The minimum atomic E-state index is 0.941. The van der Waals surface area contributed by atoms with Crippen molar-refractivity contribution in [1.82, 2.24) is 9.97 Å². The largest absolute Gasteiger partial charge is 0.349 e. The van der Waals surface area contributed by atoms with Gasteiger partial charge in [-0.1, -0.05) is 0 Å².